The van der Waals surface area contributed by atoms with E-state index in [9.17, 15) is 9.59 Å². The summed E-state index contributed by atoms with van der Waals surface area (Å²) in [5.41, 5.74) is 0. The summed E-state index contributed by atoms with van der Waals surface area (Å²) < 4.78 is 0. The first-order valence-corrected chi connectivity index (χ1v) is 3.74. The van der Waals surface area contributed by atoms with E-state index in [0.29, 0.717) is 0 Å². The SMILES string of the molecule is CC1CC(=O)N(C(C)OO)C1=O. The first-order valence-electron chi connectivity index (χ1n) is 3.74. The molecule has 0 spiro atoms. The summed E-state index contributed by atoms with van der Waals surface area (Å²) in [4.78, 5) is 27.2. The number of likely N-dealkylation sites (tertiary alicyclic amines) is 1. The van der Waals surface area contributed by atoms with Crippen LogP contribution in [0.5, 0.6) is 0 Å². The van der Waals surface area contributed by atoms with E-state index < -0.39 is 6.23 Å². The molecule has 0 aromatic carbocycles. The van der Waals surface area contributed by atoms with Crippen molar-refractivity contribution >= 4 is 11.8 Å². The van der Waals surface area contributed by atoms with Gasteiger partial charge < -0.3 is 0 Å². The summed E-state index contributed by atoms with van der Waals surface area (Å²) in [6.45, 7) is 3.11. The zero-order valence-corrected chi connectivity index (χ0v) is 6.98. The van der Waals surface area contributed by atoms with Gasteiger partial charge >= 0.3 is 0 Å². The van der Waals surface area contributed by atoms with Gasteiger partial charge in [0.25, 0.3) is 0 Å². The molecule has 0 radical (unpaired) electrons. The molecule has 2 atom stereocenters. The number of imide groups is 1. The third-order valence-corrected chi connectivity index (χ3v) is 1.92. The van der Waals surface area contributed by atoms with Crippen LogP contribution in [0.25, 0.3) is 0 Å². The van der Waals surface area contributed by atoms with Gasteiger partial charge in [0, 0.05) is 12.3 Å². The molecule has 1 aliphatic rings. The molecule has 1 aliphatic heterocycles. The largest absolute Gasteiger partial charge is 0.274 e. The Morgan fingerprint density at radius 1 is 1.67 bits per heavy atom. The lowest BCUT2D eigenvalue weighted by molar-refractivity contribution is -0.299. The monoisotopic (exact) mass is 173 g/mol. The molecule has 0 bridgehead atoms. The van der Waals surface area contributed by atoms with E-state index in [1.165, 1.54) is 6.92 Å². The first kappa shape index (κ1) is 9.15. The van der Waals surface area contributed by atoms with Crippen molar-refractivity contribution in [3.05, 3.63) is 0 Å². The van der Waals surface area contributed by atoms with Gasteiger partial charge in [0.15, 0.2) is 6.23 Å². The van der Waals surface area contributed by atoms with Crippen LogP contribution in [-0.4, -0.2) is 28.2 Å². The maximum atomic E-state index is 11.2. The van der Waals surface area contributed by atoms with Crippen molar-refractivity contribution in [2.45, 2.75) is 26.5 Å². The van der Waals surface area contributed by atoms with Crippen molar-refractivity contribution < 1.29 is 19.7 Å². The normalized spacial score (nSPS) is 26.6. The van der Waals surface area contributed by atoms with Gasteiger partial charge in [0.1, 0.15) is 0 Å². The van der Waals surface area contributed by atoms with Crippen LogP contribution in [0.1, 0.15) is 20.3 Å². The second-order valence-electron chi connectivity index (χ2n) is 2.91. The quantitative estimate of drug-likeness (QED) is 0.368. The minimum Gasteiger partial charge on any atom is -0.274 e. The van der Waals surface area contributed by atoms with Crippen molar-refractivity contribution in [1.29, 1.82) is 0 Å². The first-order chi connectivity index (χ1) is 5.57. The minimum atomic E-state index is -0.880. The lowest BCUT2D eigenvalue weighted by Gasteiger charge is -2.18. The fraction of sp³-hybridized carbons (Fsp3) is 0.714. The van der Waals surface area contributed by atoms with Crippen molar-refractivity contribution in [2.24, 2.45) is 5.92 Å². The Bertz CT molecular complexity index is 215. The lowest BCUT2D eigenvalue weighted by Crippen LogP contribution is -2.39. The van der Waals surface area contributed by atoms with Crippen LogP contribution in [-0.2, 0) is 14.5 Å². The molecular weight excluding hydrogens is 162 g/mol. The summed E-state index contributed by atoms with van der Waals surface area (Å²) in [7, 11) is 0. The van der Waals surface area contributed by atoms with Crippen LogP contribution < -0.4 is 0 Å². The molecule has 1 heterocycles. The Labute approximate surface area is 69.8 Å². The average molecular weight is 173 g/mol. The third-order valence-electron chi connectivity index (χ3n) is 1.92. The summed E-state index contributed by atoms with van der Waals surface area (Å²) in [5, 5.41) is 8.27. The Kier molecular flexibility index (Phi) is 2.44. The van der Waals surface area contributed by atoms with Crippen LogP contribution in [0.15, 0.2) is 0 Å². The van der Waals surface area contributed by atoms with Gasteiger partial charge in [-0.1, -0.05) is 6.92 Å². The van der Waals surface area contributed by atoms with Gasteiger partial charge in [0.05, 0.1) is 0 Å². The smallest absolute Gasteiger partial charge is 0.234 e. The van der Waals surface area contributed by atoms with Crippen LogP contribution in [0.4, 0.5) is 0 Å². The molecule has 0 aromatic heterocycles. The van der Waals surface area contributed by atoms with Crippen LogP contribution >= 0.6 is 0 Å². The van der Waals surface area contributed by atoms with E-state index in [1.54, 1.807) is 6.92 Å². The molecule has 68 valence electrons. The molecule has 12 heavy (non-hydrogen) atoms. The van der Waals surface area contributed by atoms with Crippen LogP contribution in [0, 0.1) is 5.92 Å². The topological polar surface area (TPSA) is 66.8 Å². The maximum absolute atomic E-state index is 11.2. The van der Waals surface area contributed by atoms with Gasteiger partial charge in [-0.3, -0.25) is 14.5 Å². The summed E-state index contributed by atoms with van der Waals surface area (Å²) >= 11 is 0. The van der Waals surface area contributed by atoms with Crippen molar-refractivity contribution in [3.8, 4) is 0 Å². The minimum absolute atomic E-state index is 0.201. The predicted octanol–water partition coefficient (Wildman–Crippen LogP) is 0.217. The molecule has 0 aromatic rings. The molecule has 1 saturated heterocycles. The molecule has 1 fully saturated rings. The highest BCUT2D eigenvalue weighted by Crippen LogP contribution is 2.20. The number of carbonyl (C=O) groups is 2. The van der Waals surface area contributed by atoms with Crippen LogP contribution in [0.3, 0.4) is 0 Å². The number of nitrogens with zero attached hydrogens (tertiary/aromatic N) is 1. The zero-order valence-electron chi connectivity index (χ0n) is 6.98. The number of hydrogen-bond acceptors (Lipinski definition) is 4. The van der Waals surface area contributed by atoms with E-state index in [2.05, 4.69) is 4.89 Å². The van der Waals surface area contributed by atoms with Gasteiger partial charge in [0.2, 0.25) is 11.8 Å². The standard InChI is InChI=1S/C7H11NO4/c1-4-3-6(9)8(7(4)10)5(2)12-11/h4-5,11H,3H2,1-2H3. The Morgan fingerprint density at radius 2 is 2.25 bits per heavy atom. The highest BCUT2D eigenvalue weighted by Gasteiger charge is 2.39. The van der Waals surface area contributed by atoms with E-state index >= 15 is 0 Å². The van der Waals surface area contributed by atoms with E-state index in [1.807, 2.05) is 0 Å². The molecule has 0 aliphatic carbocycles. The fourth-order valence-electron chi connectivity index (χ4n) is 1.24. The van der Waals surface area contributed by atoms with Crippen molar-refractivity contribution in [1.82, 2.24) is 4.90 Å². The Balaban J connectivity index is 2.76. The predicted molar refractivity (Wildman–Crippen MR) is 38.8 cm³/mol. The molecule has 2 amide bonds. The van der Waals surface area contributed by atoms with Gasteiger partial charge in [-0.05, 0) is 6.92 Å². The summed E-state index contributed by atoms with van der Waals surface area (Å²) in [6.07, 6.45) is -0.679. The molecule has 1 N–H and O–H groups in total. The van der Waals surface area contributed by atoms with Gasteiger partial charge in [-0.15, -0.1) is 0 Å². The van der Waals surface area contributed by atoms with Crippen molar-refractivity contribution in [3.63, 3.8) is 0 Å². The second-order valence-corrected chi connectivity index (χ2v) is 2.91. The third kappa shape index (κ3) is 1.33. The van der Waals surface area contributed by atoms with Crippen LogP contribution in [0.2, 0.25) is 0 Å². The molecule has 5 nitrogen and oxygen atoms in total. The maximum Gasteiger partial charge on any atom is 0.234 e. The Morgan fingerprint density at radius 3 is 2.58 bits per heavy atom. The second kappa shape index (κ2) is 3.20. The van der Waals surface area contributed by atoms with E-state index in [4.69, 9.17) is 5.26 Å². The number of amides is 2. The molecule has 2 unspecified atom stereocenters. The summed E-state index contributed by atoms with van der Waals surface area (Å²) in [6, 6.07) is 0. The Hall–Kier alpha value is -0.940. The average Bonchev–Trinajstić information content (AvgIpc) is 2.26. The lowest BCUT2D eigenvalue weighted by atomic mass is 10.1. The molecule has 5 heteroatoms. The molecule has 0 saturated carbocycles. The molecular formula is C7H11NO4. The van der Waals surface area contributed by atoms with Gasteiger partial charge in [-0.25, -0.2) is 10.1 Å². The molecule has 1 rings (SSSR count). The highest BCUT2D eigenvalue weighted by atomic mass is 17.1. The number of hydrogen-bond donors (Lipinski definition) is 1. The van der Waals surface area contributed by atoms with E-state index in [0.717, 1.165) is 4.90 Å². The van der Waals surface area contributed by atoms with E-state index in [-0.39, 0.29) is 24.2 Å². The van der Waals surface area contributed by atoms with Gasteiger partial charge in [-0.2, -0.15) is 0 Å². The number of rotatable bonds is 2. The number of carbonyl (C=O) groups excluding carboxylic acids is 2. The van der Waals surface area contributed by atoms with Crippen molar-refractivity contribution in [2.75, 3.05) is 0 Å². The highest BCUT2D eigenvalue weighted by molar-refractivity contribution is 6.03. The fourth-order valence-corrected chi connectivity index (χ4v) is 1.24. The zero-order chi connectivity index (χ0) is 9.30. The summed E-state index contributed by atoms with van der Waals surface area (Å²) in [5.74, 6) is -0.884.